The van der Waals surface area contributed by atoms with Crippen LogP contribution in [0.25, 0.3) is 0 Å². The first-order valence-electron chi connectivity index (χ1n) is 5.06. The monoisotopic (exact) mass is 222 g/mol. The lowest BCUT2D eigenvalue weighted by atomic mass is 10.2. The molecular formula is C11H14N2OS. The van der Waals surface area contributed by atoms with Gasteiger partial charge in [-0.3, -0.25) is 0 Å². The molecule has 1 atom stereocenters. The van der Waals surface area contributed by atoms with Crippen molar-refractivity contribution in [2.75, 3.05) is 0 Å². The van der Waals surface area contributed by atoms with Crippen LogP contribution in [0.2, 0.25) is 0 Å². The van der Waals surface area contributed by atoms with E-state index in [2.05, 4.69) is 34.9 Å². The Morgan fingerprint density at radius 3 is 3.07 bits per heavy atom. The second-order valence-corrected chi connectivity index (χ2v) is 4.32. The first-order chi connectivity index (χ1) is 7.40. The van der Waals surface area contributed by atoms with Crippen molar-refractivity contribution in [3.63, 3.8) is 0 Å². The first kappa shape index (κ1) is 10.4. The normalized spacial score (nSPS) is 12.9. The predicted molar refractivity (Wildman–Crippen MR) is 60.7 cm³/mol. The van der Waals surface area contributed by atoms with Gasteiger partial charge < -0.3 is 9.84 Å². The molecule has 0 fully saturated rings. The second kappa shape index (κ2) is 5.09. The standard InChI is InChI=1S/C11H14N2OS/c1-2-10(11-4-3-7-15-11)12-8-9-5-6-13-14-9/h3-7,10,12H,2,8H2,1H3. The van der Waals surface area contributed by atoms with Crippen molar-refractivity contribution in [3.05, 3.63) is 40.4 Å². The third kappa shape index (κ3) is 2.67. The van der Waals surface area contributed by atoms with Gasteiger partial charge >= 0.3 is 0 Å². The van der Waals surface area contributed by atoms with Gasteiger partial charge in [0.25, 0.3) is 0 Å². The van der Waals surface area contributed by atoms with Crippen molar-refractivity contribution >= 4 is 11.3 Å². The molecule has 0 bridgehead atoms. The van der Waals surface area contributed by atoms with Crippen LogP contribution in [0.5, 0.6) is 0 Å². The summed E-state index contributed by atoms with van der Waals surface area (Å²) in [5.41, 5.74) is 0. The van der Waals surface area contributed by atoms with Gasteiger partial charge in [0.2, 0.25) is 0 Å². The first-order valence-corrected chi connectivity index (χ1v) is 5.94. The molecule has 2 aromatic heterocycles. The molecule has 0 saturated carbocycles. The lowest BCUT2D eigenvalue weighted by Gasteiger charge is -2.13. The molecule has 2 heterocycles. The van der Waals surface area contributed by atoms with Crippen molar-refractivity contribution in [2.24, 2.45) is 0 Å². The summed E-state index contributed by atoms with van der Waals surface area (Å²) in [4.78, 5) is 1.37. The van der Waals surface area contributed by atoms with Gasteiger partial charge in [0.1, 0.15) is 5.76 Å². The molecule has 3 nitrogen and oxygen atoms in total. The highest BCUT2D eigenvalue weighted by molar-refractivity contribution is 7.10. The molecular weight excluding hydrogens is 208 g/mol. The zero-order valence-electron chi connectivity index (χ0n) is 8.64. The quantitative estimate of drug-likeness (QED) is 0.845. The van der Waals surface area contributed by atoms with E-state index in [1.807, 2.05) is 6.07 Å². The molecule has 0 amide bonds. The Hall–Kier alpha value is -1.13. The molecule has 0 aliphatic carbocycles. The van der Waals surface area contributed by atoms with Gasteiger partial charge in [0.05, 0.1) is 12.7 Å². The van der Waals surface area contributed by atoms with E-state index >= 15 is 0 Å². The Bertz CT molecular complexity index is 369. The fourth-order valence-corrected chi connectivity index (χ4v) is 2.38. The third-order valence-electron chi connectivity index (χ3n) is 2.31. The number of rotatable bonds is 5. The molecule has 15 heavy (non-hydrogen) atoms. The van der Waals surface area contributed by atoms with Crippen molar-refractivity contribution in [1.29, 1.82) is 0 Å². The summed E-state index contributed by atoms with van der Waals surface area (Å²) in [6.45, 7) is 2.91. The van der Waals surface area contributed by atoms with Gasteiger partial charge in [0, 0.05) is 17.0 Å². The van der Waals surface area contributed by atoms with E-state index in [4.69, 9.17) is 4.52 Å². The van der Waals surface area contributed by atoms with Crippen LogP contribution in [0.15, 0.2) is 34.3 Å². The second-order valence-electron chi connectivity index (χ2n) is 3.34. The van der Waals surface area contributed by atoms with E-state index in [0.717, 1.165) is 18.7 Å². The van der Waals surface area contributed by atoms with Crippen LogP contribution in [0.1, 0.15) is 30.0 Å². The lowest BCUT2D eigenvalue weighted by molar-refractivity contribution is 0.362. The smallest absolute Gasteiger partial charge is 0.150 e. The average molecular weight is 222 g/mol. The Balaban J connectivity index is 1.92. The van der Waals surface area contributed by atoms with Gasteiger partial charge in [-0.05, 0) is 17.9 Å². The summed E-state index contributed by atoms with van der Waals surface area (Å²) < 4.78 is 5.04. The third-order valence-corrected chi connectivity index (χ3v) is 3.29. The molecule has 0 radical (unpaired) electrons. The SMILES string of the molecule is CCC(NCc1ccno1)c1cccs1. The Morgan fingerprint density at radius 2 is 2.47 bits per heavy atom. The van der Waals surface area contributed by atoms with Gasteiger partial charge in [-0.2, -0.15) is 0 Å². The summed E-state index contributed by atoms with van der Waals surface area (Å²) in [7, 11) is 0. The van der Waals surface area contributed by atoms with Gasteiger partial charge in [-0.1, -0.05) is 18.1 Å². The summed E-state index contributed by atoms with van der Waals surface area (Å²) >= 11 is 1.78. The number of hydrogen-bond donors (Lipinski definition) is 1. The molecule has 0 aliphatic rings. The van der Waals surface area contributed by atoms with E-state index in [1.54, 1.807) is 17.5 Å². The largest absolute Gasteiger partial charge is 0.360 e. The maximum atomic E-state index is 5.04. The van der Waals surface area contributed by atoms with Crippen LogP contribution >= 0.6 is 11.3 Å². The molecule has 0 spiro atoms. The van der Waals surface area contributed by atoms with Crippen molar-refractivity contribution in [3.8, 4) is 0 Å². The lowest BCUT2D eigenvalue weighted by Crippen LogP contribution is -2.18. The fraction of sp³-hybridized carbons (Fsp3) is 0.364. The zero-order valence-corrected chi connectivity index (χ0v) is 9.46. The number of nitrogens with zero attached hydrogens (tertiary/aromatic N) is 1. The number of nitrogens with one attached hydrogen (secondary N) is 1. The predicted octanol–water partition coefficient (Wildman–Crippen LogP) is 2.98. The Labute approximate surface area is 93.1 Å². The van der Waals surface area contributed by atoms with Crippen LogP contribution in [-0.2, 0) is 6.54 Å². The van der Waals surface area contributed by atoms with Crippen LogP contribution < -0.4 is 5.32 Å². The van der Waals surface area contributed by atoms with Gasteiger partial charge in [-0.15, -0.1) is 11.3 Å². The topological polar surface area (TPSA) is 38.1 Å². The fourth-order valence-electron chi connectivity index (χ4n) is 1.49. The van der Waals surface area contributed by atoms with Crippen LogP contribution in [0.3, 0.4) is 0 Å². The van der Waals surface area contributed by atoms with Crippen LogP contribution in [-0.4, -0.2) is 5.16 Å². The maximum Gasteiger partial charge on any atom is 0.150 e. The maximum absolute atomic E-state index is 5.04. The van der Waals surface area contributed by atoms with Gasteiger partial charge in [0.15, 0.2) is 0 Å². The zero-order chi connectivity index (χ0) is 10.5. The van der Waals surface area contributed by atoms with E-state index in [0.29, 0.717) is 6.04 Å². The molecule has 2 rings (SSSR count). The average Bonchev–Trinajstić information content (AvgIpc) is 2.90. The van der Waals surface area contributed by atoms with Gasteiger partial charge in [-0.25, -0.2) is 0 Å². The highest BCUT2D eigenvalue weighted by Crippen LogP contribution is 2.21. The van der Waals surface area contributed by atoms with E-state index in [1.165, 1.54) is 4.88 Å². The molecule has 1 unspecified atom stereocenters. The number of aromatic nitrogens is 1. The molecule has 1 N–H and O–H groups in total. The molecule has 0 aromatic carbocycles. The number of thiophene rings is 1. The molecule has 2 aromatic rings. The Kier molecular flexibility index (Phi) is 3.53. The minimum atomic E-state index is 0.412. The summed E-state index contributed by atoms with van der Waals surface area (Å²) in [6.07, 6.45) is 2.75. The number of hydrogen-bond acceptors (Lipinski definition) is 4. The molecule has 4 heteroatoms. The van der Waals surface area contributed by atoms with Crippen LogP contribution in [0.4, 0.5) is 0 Å². The van der Waals surface area contributed by atoms with Crippen LogP contribution in [0, 0.1) is 0 Å². The minimum Gasteiger partial charge on any atom is -0.360 e. The van der Waals surface area contributed by atoms with Crippen molar-refractivity contribution < 1.29 is 4.52 Å². The summed E-state index contributed by atoms with van der Waals surface area (Å²) in [5, 5.41) is 9.23. The van der Waals surface area contributed by atoms with E-state index in [-0.39, 0.29) is 0 Å². The summed E-state index contributed by atoms with van der Waals surface area (Å²) in [5.74, 6) is 0.880. The highest BCUT2D eigenvalue weighted by atomic mass is 32.1. The molecule has 0 aliphatic heterocycles. The Morgan fingerprint density at radius 1 is 1.53 bits per heavy atom. The summed E-state index contributed by atoms with van der Waals surface area (Å²) in [6, 6.07) is 6.54. The van der Waals surface area contributed by atoms with Crippen molar-refractivity contribution in [1.82, 2.24) is 10.5 Å². The molecule has 0 saturated heterocycles. The van der Waals surface area contributed by atoms with E-state index < -0.39 is 0 Å². The highest BCUT2D eigenvalue weighted by Gasteiger charge is 2.09. The van der Waals surface area contributed by atoms with Crippen molar-refractivity contribution in [2.45, 2.75) is 25.9 Å². The minimum absolute atomic E-state index is 0.412. The van der Waals surface area contributed by atoms with E-state index in [9.17, 15) is 0 Å². The molecule has 80 valence electrons.